The summed E-state index contributed by atoms with van der Waals surface area (Å²) >= 11 is 13.9. The average molecular weight is 480 g/mol. The summed E-state index contributed by atoms with van der Waals surface area (Å²) in [6, 6.07) is 8.59. The number of ether oxygens (including phenoxy) is 2. The van der Waals surface area contributed by atoms with E-state index in [1.807, 2.05) is 22.6 Å². The summed E-state index contributed by atoms with van der Waals surface area (Å²) in [5.74, 6) is -0.246. The highest BCUT2D eigenvalue weighted by Crippen LogP contribution is 2.34. The molecule has 0 bridgehead atoms. The smallest absolute Gasteiger partial charge is 0.341 e. The second-order valence-electron chi connectivity index (χ2n) is 4.57. The number of halogens is 3. The van der Waals surface area contributed by atoms with Crippen molar-refractivity contribution in [2.24, 2.45) is 4.99 Å². The lowest BCUT2D eigenvalue weighted by Gasteiger charge is -2.12. The van der Waals surface area contributed by atoms with E-state index >= 15 is 0 Å². The van der Waals surface area contributed by atoms with Crippen molar-refractivity contribution in [1.82, 2.24) is 0 Å². The summed E-state index contributed by atoms with van der Waals surface area (Å²) in [5.41, 5.74) is 1.43. The first-order chi connectivity index (χ1) is 11.4. The molecule has 2 rings (SSSR count). The van der Waals surface area contributed by atoms with Crippen LogP contribution in [0.2, 0.25) is 10.0 Å². The van der Waals surface area contributed by atoms with Gasteiger partial charge < -0.3 is 14.6 Å². The SMILES string of the molecule is COc1cc(C=Nc2ccc(Cl)c(Cl)c2)cc(I)c1OCC(=O)O. The van der Waals surface area contributed by atoms with E-state index < -0.39 is 12.6 Å². The van der Waals surface area contributed by atoms with Gasteiger partial charge in [-0.3, -0.25) is 4.99 Å². The fraction of sp³-hybridized carbons (Fsp3) is 0.125. The molecule has 8 heteroatoms. The third-order valence-electron chi connectivity index (χ3n) is 2.86. The summed E-state index contributed by atoms with van der Waals surface area (Å²) < 4.78 is 11.2. The molecule has 5 nitrogen and oxygen atoms in total. The van der Waals surface area contributed by atoms with Crippen molar-refractivity contribution in [2.75, 3.05) is 13.7 Å². The molecule has 2 aromatic rings. The maximum absolute atomic E-state index is 10.7. The van der Waals surface area contributed by atoms with Crippen LogP contribution in [0.3, 0.4) is 0 Å². The number of aliphatic carboxylic acids is 1. The fourth-order valence-electron chi connectivity index (χ4n) is 1.80. The minimum absolute atomic E-state index is 0.382. The highest BCUT2D eigenvalue weighted by atomic mass is 127. The van der Waals surface area contributed by atoms with Gasteiger partial charge in [-0.2, -0.15) is 0 Å². The molecule has 0 atom stereocenters. The molecule has 0 fully saturated rings. The van der Waals surface area contributed by atoms with E-state index in [0.717, 1.165) is 5.56 Å². The Morgan fingerprint density at radius 2 is 2.04 bits per heavy atom. The van der Waals surface area contributed by atoms with E-state index in [2.05, 4.69) is 4.99 Å². The van der Waals surface area contributed by atoms with Crippen LogP contribution in [0.1, 0.15) is 5.56 Å². The second-order valence-corrected chi connectivity index (χ2v) is 6.55. The van der Waals surface area contributed by atoms with Gasteiger partial charge in [-0.25, -0.2) is 4.79 Å². The van der Waals surface area contributed by atoms with E-state index in [9.17, 15) is 4.79 Å². The molecule has 0 aliphatic carbocycles. The number of carbonyl (C=O) groups is 1. The number of hydrogen-bond acceptors (Lipinski definition) is 4. The van der Waals surface area contributed by atoms with E-state index in [-0.39, 0.29) is 0 Å². The minimum atomic E-state index is -1.06. The summed E-state index contributed by atoms with van der Waals surface area (Å²) in [5, 5.41) is 9.62. The summed E-state index contributed by atoms with van der Waals surface area (Å²) in [7, 11) is 1.49. The highest BCUT2D eigenvalue weighted by molar-refractivity contribution is 14.1. The first-order valence-corrected chi connectivity index (χ1v) is 8.45. The van der Waals surface area contributed by atoms with Gasteiger partial charge in [0.25, 0.3) is 0 Å². The van der Waals surface area contributed by atoms with Crippen LogP contribution in [-0.4, -0.2) is 31.0 Å². The van der Waals surface area contributed by atoms with Crippen molar-refractivity contribution in [1.29, 1.82) is 0 Å². The molecule has 0 spiro atoms. The van der Waals surface area contributed by atoms with Crippen molar-refractivity contribution in [2.45, 2.75) is 0 Å². The first kappa shape index (κ1) is 18.8. The lowest BCUT2D eigenvalue weighted by molar-refractivity contribution is -0.139. The molecule has 1 N–H and O–H groups in total. The Balaban J connectivity index is 2.27. The molecule has 2 aromatic carbocycles. The van der Waals surface area contributed by atoms with Crippen LogP contribution in [-0.2, 0) is 4.79 Å². The van der Waals surface area contributed by atoms with Crippen molar-refractivity contribution >= 4 is 63.7 Å². The maximum atomic E-state index is 10.7. The summed E-state index contributed by atoms with van der Waals surface area (Å²) in [4.78, 5) is 15.0. The van der Waals surface area contributed by atoms with Crippen LogP contribution in [0.4, 0.5) is 5.69 Å². The second kappa shape index (κ2) is 8.55. The van der Waals surface area contributed by atoms with E-state index in [1.54, 1.807) is 36.5 Å². The number of methoxy groups -OCH3 is 1. The topological polar surface area (TPSA) is 68.1 Å². The van der Waals surface area contributed by atoms with Gasteiger partial charge in [0.15, 0.2) is 18.1 Å². The molecule has 0 saturated heterocycles. The van der Waals surface area contributed by atoms with Crippen LogP contribution in [0.25, 0.3) is 0 Å². The van der Waals surface area contributed by atoms with Crippen LogP contribution >= 0.6 is 45.8 Å². The van der Waals surface area contributed by atoms with Crippen LogP contribution in [0.15, 0.2) is 35.3 Å². The molecule has 0 amide bonds. The van der Waals surface area contributed by atoms with E-state index in [1.165, 1.54) is 7.11 Å². The molecular formula is C16H12Cl2INO4. The molecule has 0 aliphatic heterocycles. The Bertz CT molecular complexity index is 796. The number of hydrogen-bond donors (Lipinski definition) is 1. The Kier molecular flexibility index (Phi) is 6.70. The normalized spacial score (nSPS) is 10.8. The van der Waals surface area contributed by atoms with Gasteiger partial charge in [-0.15, -0.1) is 0 Å². The van der Waals surface area contributed by atoms with Gasteiger partial charge in [0, 0.05) is 6.21 Å². The third kappa shape index (κ3) is 4.99. The van der Waals surface area contributed by atoms with Crippen molar-refractivity contribution < 1.29 is 19.4 Å². The predicted octanol–water partition coefficient (Wildman–Crippen LogP) is 4.82. The number of benzene rings is 2. The Hall–Kier alpha value is -1.51. The van der Waals surface area contributed by atoms with Gasteiger partial charge >= 0.3 is 5.97 Å². The molecule has 0 radical (unpaired) electrons. The third-order valence-corrected chi connectivity index (χ3v) is 4.40. The highest BCUT2D eigenvalue weighted by Gasteiger charge is 2.12. The Labute approximate surface area is 162 Å². The quantitative estimate of drug-likeness (QED) is 0.476. The Morgan fingerprint density at radius 1 is 1.29 bits per heavy atom. The monoisotopic (exact) mass is 479 g/mol. The van der Waals surface area contributed by atoms with Crippen molar-refractivity contribution in [3.63, 3.8) is 0 Å². The lowest BCUT2D eigenvalue weighted by atomic mass is 10.2. The largest absolute Gasteiger partial charge is 0.493 e. The molecule has 24 heavy (non-hydrogen) atoms. The number of rotatable bonds is 6. The summed E-state index contributed by atoms with van der Waals surface area (Å²) in [6.45, 7) is -0.441. The molecule has 0 saturated carbocycles. The molecular weight excluding hydrogens is 468 g/mol. The van der Waals surface area contributed by atoms with Crippen LogP contribution in [0, 0.1) is 3.57 Å². The Morgan fingerprint density at radius 3 is 2.67 bits per heavy atom. The van der Waals surface area contributed by atoms with Gasteiger partial charge in [-0.1, -0.05) is 23.2 Å². The molecule has 0 aliphatic rings. The number of nitrogens with zero attached hydrogens (tertiary/aromatic N) is 1. The molecule has 126 valence electrons. The van der Waals surface area contributed by atoms with Gasteiger partial charge in [0.2, 0.25) is 0 Å². The van der Waals surface area contributed by atoms with Crippen LogP contribution < -0.4 is 9.47 Å². The number of carboxylic acid groups (broad SMARTS) is 1. The molecule has 0 unspecified atom stereocenters. The number of aliphatic imine (C=N–C) groups is 1. The standard InChI is InChI=1S/C16H12Cl2INO4/c1-23-14-5-9(4-13(19)16(14)24-8-15(21)22)7-20-10-2-3-11(17)12(18)6-10/h2-7H,8H2,1H3,(H,21,22). The van der Waals surface area contributed by atoms with Crippen molar-refractivity contribution in [3.05, 3.63) is 49.5 Å². The number of carboxylic acids is 1. The minimum Gasteiger partial charge on any atom is -0.493 e. The summed E-state index contributed by atoms with van der Waals surface area (Å²) in [6.07, 6.45) is 1.64. The van der Waals surface area contributed by atoms with Crippen molar-refractivity contribution in [3.8, 4) is 11.5 Å². The zero-order valence-corrected chi connectivity index (χ0v) is 16.1. The predicted molar refractivity (Wildman–Crippen MR) is 103 cm³/mol. The average Bonchev–Trinajstić information content (AvgIpc) is 2.54. The van der Waals surface area contributed by atoms with Gasteiger partial charge in [-0.05, 0) is 58.5 Å². The zero-order chi connectivity index (χ0) is 17.7. The zero-order valence-electron chi connectivity index (χ0n) is 12.4. The van der Waals surface area contributed by atoms with Crippen LogP contribution in [0.5, 0.6) is 11.5 Å². The fourth-order valence-corrected chi connectivity index (χ4v) is 2.88. The molecule has 0 heterocycles. The van der Waals surface area contributed by atoms with E-state index in [0.29, 0.717) is 30.8 Å². The van der Waals surface area contributed by atoms with Gasteiger partial charge in [0.05, 0.1) is 26.4 Å². The molecule has 0 aromatic heterocycles. The first-order valence-electron chi connectivity index (χ1n) is 6.62. The van der Waals surface area contributed by atoms with Gasteiger partial charge in [0.1, 0.15) is 0 Å². The van der Waals surface area contributed by atoms with E-state index in [4.69, 9.17) is 37.8 Å². The lowest BCUT2D eigenvalue weighted by Crippen LogP contribution is -2.11. The maximum Gasteiger partial charge on any atom is 0.341 e.